The lowest BCUT2D eigenvalue weighted by molar-refractivity contribution is -0.247. The summed E-state index contributed by atoms with van der Waals surface area (Å²) < 4.78 is 15.1. The number of hydrogen-bond acceptors (Lipinski definition) is 12. The quantitative estimate of drug-likeness (QED) is 0.0625. The lowest BCUT2D eigenvalue weighted by atomic mass is 9.39. The van der Waals surface area contributed by atoms with Gasteiger partial charge in [0.25, 0.3) is 5.91 Å². The van der Waals surface area contributed by atoms with Gasteiger partial charge in [-0.25, -0.2) is 14.8 Å². The number of fused-ring (bicyclic) bond motifs is 2. The summed E-state index contributed by atoms with van der Waals surface area (Å²) in [6, 6.07) is 16.7. The van der Waals surface area contributed by atoms with Crippen molar-refractivity contribution in [2.24, 2.45) is 22.0 Å². The maximum atomic E-state index is 13.7. The van der Waals surface area contributed by atoms with Crippen molar-refractivity contribution in [2.45, 2.75) is 97.4 Å². The summed E-state index contributed by atoms with van der Waals surface area (Å²) in [7, 11) is 0. The van der Waals surface area contributed by atoms with Gasteiger partial charge < -0.3 is 30.5 Å². The molecule has 4 heterocycles. The molecule has 14 nitrogen and oxygen atoms in total. The third-order valence-electron chi connectivity index (χ3n) is 13.6. The van der Waals surface area contributed by atoms with Crippen LogP contribution in [0.25, 0.3) is 21.3 Å². The van der Waals surface area contributed by atoms with Crippen molar-refractivity contribution in [3.8, 4) is 11.1 Å². The number of aromatic carboxylic acids is 1. The van der Waals surface area contributed by atoms with Gasteiger partial charge in [0.05, 0.1) is 28.6 Å². The molecule has 4 aliphatic carbocycles. The molecule has 5 aliphatic rings. The molecule has 3 unspecified atom stereocenters. The smallest absolute Gasteiger partial charge is 0.355 e. The first-order valence-corrected chi connectivity index (χ1v) is 22.5. The molecule has 5 aromatic rings. The predicted octanol–water partition coefficient (Wildman–Crippen LogP) is 6.99. The average Bonchev–Trinajstić information content (AvgIpc) is 3.79. The summed E-state index contributed by atoms with van der Waals surface area (Å²) >= 11 is 1.44. The van der Waals surface area contributed by atoms with Crippen molar-refractivity contribution in [2.75, 3.05) is 43.1 Å². The Labute approximate surface area is 365 Å². The Morgan fingerprint density at radius 2 is 1.71 bits per heavy atom. The Kier molecular flexibility index (Phi) is 11.0. The minimum absolute atomic E-state index is 0.0146. The molecule has 4 bridgehead atoms. The van der Waals surface area contributed by atoms with Crippen LogP contribution in [0.5, 0.6) is 0 Å². The van der Waals surface area contributed by atoms with Crippen molar-refractivity contribution in [3.05, 3.63) is 88.9 Å². The van der Waals surface area contributed by atoms with Gasteiger partial charge in [-0.1, -0.05) is 49.4 Å². The molecule has 1 aliphatic heterocycles. The summed E-state index contributed by atoms with van der Waals surface area (Å²) in [6.45, 7) is 12.3. The Hall–Kier alpha value is -5.22. The van der Waals surface area contributed by atoms with Crippen LogP contribution in [-0.2, 0) is 33.8 Å². The second kappa shape index (κ2) is 16.2. The van der Waals surface area contributed by atoms with Crippen molar-refractivity contribution >= 4 is 50.3 Å². The van der Waals surface area contributed by atoms with Gasteiger partial charge in [-0.05, 0) is 116 Å². The fraction of sp³-hybridized carbons (Fsp3) is 0.489. The Morgan fingerprint density at radius 3 is 2.47 bits per heavy atom. The van der Waals surface area contributed by atoms with Gasteiger partial charge in [0.1, 0.15) is 18.5 Å². The third-order valence-corrected chi connectivity index (χ3v) is 14.5. The molecule has 4 saturated carbocycles. The summed E-state index contributed by atoms with van der Waals surface area (Å²) in [5, 5.41) is 22.4. The van der Waals surface area contributed by atoms with Crippen LogP contribution in [0.3, 0.4) is 0 Å². The fourth-order valence-electron chi connectivity index (χ4n) is 12.2. The van der Waals surface area contributed by atoms with E-state index in [2.05, 4.69) is 34.1 Å². The van der Waals surface area contributed by atoms with Gasteiger partial charge in [-0.3, -0.25) is 19.6 Å². The highest BCUT2D eigenvalue weighted by Crippen LogP contribution is 2.72. The van der Waals surface area contributed by atoms with E-state index in [1.807, 2.05) is 66.4 Å². The van der Waals surface area contributed by atoms with Gasteiger partial charge in [0.15, 0.2) is 10.8 Å². The zero-order chi connectivity index (χ0) is 43.4. The van der Waals surface area contributed by atoms with Gasteiger partial charge in [-0.15, -0.1) is 0 Å². The number of carbonyl (C=O) groups excluding carboxylic acids is 2. The number of benzene rings is 2. The molecule has 10 rings (SSSR count). The van der Waals surface area contributed by atoms with Crippen LogP contribution in [-0.4, -0.2) is 87.2 Å². The van der Waals surface area contributed by atoms with Gasteiger partial charge in [-0.2, -0.15) is 5.10 Å². The van der Waals surface area contributed by atoms with E-state index in [0.717, 1.165) is 71.2 Å². The van der Waals surface area contributed by atoms with E-state index in [-0.39, 0.29) is 40.1 Å². The number of carbonyl (C=O) groups is 3. The van der Waals surface area contributed by atoms with Crippen LogP contribution >= 0.6 is 11.3 Å². The number of anilines is 2. The lowest BCUT2D eigenvalue weighted by Gasteiger charge is -2.69. The molecular formula is C47H56N8O6S. The van der Waals surface area contributed by atoms with Crippen LogP contribution in [0, 0.1) is 23.2 Å². The van der Waals surface area contributed by atoms with Gasteiger partial charge >= 0.3 is 11.9 Å². The minimum Gasteiger partial charge on any atom is -0.476 e. The molecule has 0 saturated heterocycles. The zero-order valence-electron chi connectivity index (χ0n) is 36.0. The highest BCUT2D eigenvalue weighted by molar-refractivity contribution is 7.22. The highest BCUT2D eigenvalue weighted by Gasteiger charge is 2.66. The maximum Gasteiger partial charge on any atom is 0.355 e. The Balaban J connectivity index is 0.900. The van der Waals surface area contributed by atoms with Crippen LogP contribution in [0.4, 0.5) is 10.9 Å². The SMILES string of the molecule is Cc1c(-c2ccc(N3CCc4cccc(C(=O)Nc5nc6ccccc6s5)c4C3)nc2C(=O)O)cnn1CC12CC3(C)CC(C)(C1)CC(OCCNCCOC(=O)C(C)N)(C3)C2. The number of thiazole rings is 1. The Morgan fingerprint density at radius 1 is 0.935 bits per heavy atom. The lowest BCUT2D eigenvalue weighted by Crippen LogP contribution is -2.64. The molecule has 0 spiro atoms. The molecule has 2 aromatic carbocycles. The van der Waals surface area contributed by atoms with Crippen LogP contribution in [0.15, 0.2) is 60.8 Å². The number of pyridine rings is 1. The summed E-state index contributed by atoms with van der Waals surface area (Å²) in [5.74, 6) is -1.19. The largest absolute Gasteiger partial charge is 0.476 e. The zero-order valence-corrected chi connectivity index (χ0v) is 36.8. The molecule has 0 radical (unpaired) electrons. The topological polar surface area (TPSA) is 187 Å². The van der Waals surface area contributed by atoms with E-state index in [0.29, 0.717) is 61.3 Å². The Bertz CT molecular complexity index is 2500. The second-order valence-electron chi connectivity index (χ2n) is 19.1. The number of carboxylic acids is 1. The average molecular weight is 861 g/mol. The number of nitrogens with zero attached hydrogens (tertiary/aromatic N) is 5. The van der Waals surface area contributed by atoms with Gasteiger partial charge in [0, 0.05) is 55.1 Å². The van der Waals surface area contributed by atoms with E-state index >= 15 is 0 Å². The van der Waals surface area contributed by atoms with Crippen LogP contribution in [0.2, 0.25) is 0 Å². The van der Waals surface area contributed by atoms with E-state index in [4.69, 9.17) is 25.3 Å². The number of para-hydroxylation sites is 1. The molecule has 4 fully saturated rings. The maximum absolute atomic E-state index is 13.7. The first kappa shape index (κ1) is 42.1. The number of carboxylic acid groups (broad SMARTS) is 1. The first-order chi connectivity index (χ1) is 29.6. The van der Waals surface area contributed by atoms with Gasteiger partial charge in [0.2, 0.25) is 0 Å². The predicted molar refractivity (Wildman–Crippen MR) is 238 cm³/mol. The number of amides is 1. The van der Waals surface area contributed by atoms with E-state index in [9.17, 15) is 19.5 Å². The second-order valence-corrected chi connectivity index (χ2v) is 20.2. The third kappa shape index (κ3) is 8.23. The molecule has 326 valence electrons. The monoisotopic (exact) mass is 860 g/mol. The number of hydrogen-bond donors (Lipinski definition) is 4. The van der Waals surface area contributed by atoms with Crippen LogP contribution < -0.4 is 21.3 Å². The molecule has 3 atom stereocenters. The number of nitrogens with two attached hydrogens (primary N) is 1. The molecule has 5 N–H and O–H groups in total. The van der Waals surface area contributed by atoms with Crippen molar-refractivity contribution < 1.29 is 29.0 Å². The molecule has 15 heteroatoms. The molecule has 1 amide bonds. The molecule has 62 heavy (non-hydrogen) atoms. The number of ether oxygens (including phenoxy) is 2. The summed E-state index contributed by atoms with van der Waals surface area (Å²) in [6.07, 6.45) is 8.87. The molecular weight excluding hydrogens is 805 g/mol. The van der Waals surface area contributed by atoms with E-state index in [1.54, 1.807) is 13.1 Å². The summed E-state index contributed by atoms with van der Waals surface area (Å²) in [4.78, 5) is 49.7. The number of rotatable bonds is 15. The van der Waals surface area contributed by atoms with Crippen LogP contribution in [0.1, 0.15) is 97.0 Å². The number of nitrogens with one attached hydrogen (secondary N) is 2. The molecule has 3 aromatic heterocycles. The normalized spacial score (nSPS) is 25.5. The number of esters is 1. The van der Waals surface area contributed by atoms with Crippen molar-refractivity contribution in [1.29, 1.82) is 0 Å². The highest BCUT2D eigenvalue weighted by atomic mass is 32.1. The summed E-state index contributed by atoms with van der Waals surface area (Å²) in [5.41, 5.74) is 11.2. The first-order valence-electron chi connectivity index (χ1n) is 21.7. The fourth-order valence-corrected chi connectivity index (χ4v) is 13.1. The number of aromatic nitrogens is 4. The minimum atomic E-state index is -1.11. The van der Waals surface area contributed by atoms with E-state index in [1.165, 1.54) is 17.8 Å². The van der Waals surface area contributed by atoms with Crippen molar-refractivity contribution in [3.63, 3.8) is 0 Å². The standard InChI is InChI=1S/C47H56N8O6S/c1-29(48)42(59)60-18-15-49-16-19-61-47-25-44(3)22-45(4,26-47)24-46(23-44,27-47)28-55-30(2)34(20-50-55)32-12-13-38(52-39(32)41(57)58)54-17-14-31-8-7-9-33(35(31)21-54)40(56)53-43-51-36-10-5-6-11-37(36)62-43/h5-13,20,29,49H,14-19,21-28,48H2,1-4H3,(H,57,58)(H,51,53,56). The van der Waals surface area contributed by atoms with E-state index < -0.39 is 18.0 Å². The van der Waals surface area contributed by atoms with Crippen molar-refractivity contribution in [1.82, 2.24) is 25.1 Å².